The topological polar surface area (TPSA) is 55.6 Å². The highest BCUT2D eigenvalue weighted by Crippen LogP contribution is 2.57. The molecule has 1 aliphatic heterocycles. The van der Waals surface area contributed by atoms with Crippen LogP contribution >= 0.6 is 11.5 Å². The molecule has 6 rings (SSSR count). The van der Waals surface area contributed by atoms with E-state index in [0.717, 1.165) is 31.0 Å². The maximum absolute atomic E-state index is 13.3. The second kappa shape index (κ2) is 7.58. The van der Waals surface area contributed by atoms with E-state index in [0.29, 0.717) is 29.2 Å². The van der Waals surface area contributed by atoms with Gasteiger partial charge in [0, 0.05) is 25.7 Å². The Labute approximate surface area is 193 Å². The first-order valence-corrected chi connectivity index (χ1v) is 12.3. The Bertz CT molecular complexity index is 1160. The number of halogens is 3. The molecule has 3 aromatic rings. The molecule has 2 saturated carbocycles. The molecule has 0 spiro atoms. The summed E-state index contributed by atoms with van der Waals surface area (Å²) in [4.78, 5) is 7.16. The van der Waals surface area contributed by atoms with Crippen LogP contribution in [0.5, 0.6) is 5.75 Å². The van der Waals surface area contributed by atoms with Crippen molar-refractivity contribution in [1.82, 2.24) is 19.0 Å². The molecule has 2 bridgehead atoms. The van der Waals surface area contributed by atoms with Crippen LogP contribution in [-0.2, 0) is 6.42 Å². The van der Waals surface area contributed by atoms with Crippen molar-refractivity contribution in [2.45, 2.75) is 45.2 Å². The predicted molar refractivity (Wildman–Crippen MR) is 119 cm³/mol. The quantitative estimate of drug-likeness (QED) is 0.504. The highest BCUT2D eigenvalue weighted by molar-refractivity contribution is 7.10. The molecule has 33 heavy (non-hydrogen) atoms. The van der Waals surface area contributed by atoms with Gasteiger partial charge in [0.15, 0.2) is 17.2 Å². The number of pyridine rings is 1. The fourth-order valence-corrected chi connectivity index (χ4v) is 6.34. The molecular formula is C23H26F3N5OS. The van der Waals surface area contributed by atoms with Gasteiger partial charge in [-0.25, -0.2) is 9.50 Å². The van der Waals surface area contributed by atoms with E-state index in [4.69, 9.17) is 9.72 Å². The first kappa shape index (κ1) is 21.2. The van der Waals surface area contributed by atoms with Gasteiger partial charge in [0.05, 0.1) is 5.69 Å². The molecule has 2 aliphatic carbocycles. The van der Waals surface area contributed by atoms with E-state index in [1.807, 2.05) is 6.92 Å². The molecule has 176 valence electrons. The summed E-state index contributed by atoms with van der Waals surface area (Å²) >= 11 is 1.57. The van der Waals surface area contributed by atoms with Crippen molar-refractivity contribution in [2.75, 3.05) is 24.6 Å². The molecule has 3 fully saturated rings. The van der Waals surface area contributed by atoms with Crippen molar-refractivity contribution in [1.29, 1.82) is 0 Å². The number of hydrogen-bond acceptors (Lipinski definition) is 6. The summed E-state index contributed by atoms with van der Waals surface area (Å²) in [6, 6.07) is 5.59. The van der Waals surface area contributed by atoms with Crippen LogP contribution in [0.3, 0.4) is 0 Å². The van der Waals surface area contributed by atoms with Crippen LogP contribution in [0.25, 0.3) is 5.65 Å². The summed E-state index contributed by atoms with van der Waals surface area (Å²) in [5.74, 6) is 2.82. The maximum atomic E-state index is 13.3. The second-order valence-electron chi connectivity index (χ2n) is 9.91. The van der Waals surface area contributed by atoms with E-state index in [1.165, 1.54) is 17.8 Å². The molecule has 0 N–H and O–H groups in total. The van der Waals surface area contributed by atoms with E-state index in [2.05, 4.69) is 20.4 Å². The number of alkyl halides is 3. The lowest BCUT2D eigenvalue weighted by molar-refractivity contribution is -0.194. The zero-order valence-electron chi connectivity index (χ0n) is 18.4. The molecule has 3 aliphatic rings. The Kier molecular flexibility index (Phi) is 4.87. The number of aryl methyl sites for hydroxylation is 1. The van der Waals surface area contributed by atoms with Crippen molar-refractivity contribution in [3.05, 3.63) is 35.9 Å². The van der Waals surface area contributed by atoms with E-state index >= 15 is 0 Å². The number of ether oxygens (including phenoxy) is 1. The van der Waals surface area contributed by atoms with E-state index in [1.54, 1.807) is 34.4 Å². The van der Waals surface area contributed by atoms with Crippen molar-refractivity contribution >= 4 is 22.2 Å². The first-order chi connectivity index (χ1) is 15.8. The van der Waals surface area contributed by atoms with Gasteiger partial charge in [-0.2, -0.15) is 22.6 Å². The van der Waals surface area contributed by atoms with Gasteiger partial charge in [-0.05, 0) is 80.1 Å². The minimum atomic E-state index is -4.23. The minimum absolute atomic E-state index is 0.125. The SMILES string of the molecule is Cc1cc(N2C[C@H]3CC[C@@H](C2)C3Cc2nc3c(OCC4(C(F)(F)F)CC4)cccn3n2)sn1. The summed E-state index contributed by atoms with van der Waals surface area (Å²) in [5, 5.41) is 5.89. The predicted octanol–water partition coefficient (Wildman–Crippen LogP) is 4.92. The molecular weight excluding hydrogens is 451 g/mol. The number of rotatable bonds is 6. The second-order valence-corrected chi connectivity index (χ2v) is 10.7. The van der Waals surface area contributed by atoms with Gasteiger partial charge in [-0.3, -0.25) is 0 Å². The van der Waals surface area contributed by atoms with Crippen molar-refractivity contribution in [3.63, 3.8) is 0 Å². The van der Waals surface area contributed by atoms with Crippen LogP contribution in [0, 0.1) is 30.1 Å². The summed E-state index contributed by atoms with van der Waals surface area (Å²) < 4.78 is 51.5. The summed E-state index contributed by atoms with van der Waals surface area (Å²) in [5.41, 5.74) is -0.137. The van der Waals surface area contributed by atoms with Crippen LogP contribution in [0.4, 0.5) is 18.2 Å². The summed E-state index contributed by atoms with van der Waals surface area (Å²) in [6.45, 7) is 3.73. The third kappa shape index (κ3) is 3.76. The Balaban J connectivity index is 1.17. The number of hydrogen-bond donors (Lipinski definition) is 0. The summed E-state index contributed by atoms with van der Waals surface area (Å²) in [7, 11) is 0. The lowest BCUT2D eigenvalue weighted by Crippen LogP contribution is -2.42. The number of piperidine rings is 1. The van der Waals surface area contributed by atoms with Crippen LogP contribution < -0.4 is 9.64 Å². The standard InChI is InChI=1S/C23H26F3N5OS/c1-14-9-20(33-29-14)30-11-15-4-5-16(12-30)17(15)10-19-27-21-18(3-2-8-31(21)28-19)32-13-22(6-7-22)23(24,25)26/h2-3,8-9,15-17H,4-7,10-13H2,1H3/t15-,16+,17?. The zero-order valence-corrected chi connectivity index (χ0v) is 19.2. The van der Waals surface area contributed by atoms with Gasteiger partial charge in [0.25, 0.3) is 0 Å². The van der Waals surface area contributed by atoms with E-state index in [-0.39, 0.29) is 19.4 Å². The Morgan fingerprint density at radius 1 is 1.21 bits per heavy atom. The van der Waals surface area contributed by atoms with Crippen LogP contribution in [0.1, 0.15) is 37.2 Å². The van der Waals surface area contributed by atoms with Crippen molar-refractivity contribution in [2.24, 2.45) is 23.2 Å². The highest BCUT2D eigenvalue weighted by Gasteiger charge is 2.64. The van der Waals surface area contributed by atoms with Gasteiger partial charge >= 0.3 is 6.18 Å². The third-order valence-corrected chi connectivity index (χ3v) is 8.65. The molecule has 0 radical (unpaired) electrons. The summed E-state index contributed by atoms with van der Waals surface area (Å²) in [6.07, 6.45) is 1.01. The monoisotopic (exact) mass is 477 g/mol. The highest BCUT2D eigenvalue weighted by atomic mass is 32.1. The van der Waals surface area contributed by atoms with E-state index in [9.17, 15) is 13.2 Å². The Morgan fingerprint density at radius 3 is 2.61 bits per heavy atom. The maximum Gasteiger partial charge on any atom is 0.397 e. The fraction of sp³-hybridized carbons (Fsp3) is 0.609. The van der Waals surface area contributed by atoms with Crippen LogP contribution in [-0.4, -0.2) is 44.8 Å². The third-order valence-electron chi connectivity index (χ3n) is 7.70. The Morgan fingerprint density at radius 2 is 1.97 bits per heavy atom. The number of aromatic nitrogens is 4. The van der Waals surface area contributed by atoms with Crippen molar-refractivity contribution < 1.29 is 17.9 Å². The number of fused-ring (bicyclic) bond motifs is 3. The average molecular weight is 478 g/mol. The Hall–Kier alpha value is -2.36. The van der Waals surface area contributed by atoms with Gasteiger partial charge in [0.1, 0.15) is 17.0 Å². The molecule has 1 saturated heterocycles. The molecule has 3 atom stereocenters. The van der Waals surface area contributed by atoms with Gasteiger partial charge < -0.3 is 9.64 Å². The molecule has 6 nitrogen and oxygen atoms in total. The number of anilines is 1. The first-order valence-electron chi connectivity index (χ1n) is 11.5. The zero-order chi connectivity index (χ0) is 22.8. The van der Waals surface area contributed by atoms with E-state index < -0.39 is 11.6 Å². The smallest absolute Gasteiger partial charge is 0.397 e. The van der Waals surface area contributed by atoms with Crippen LogP contribution in [0.15, 0.2) is 24.4 Å². The lowest BCUT2D eigenvalue weighted by atomic mass is 9.82. The van der Waals surface area contributed by atoms with Gasteiger partial charge in [0.2, 0.25) is 0 Å². The average Bonchev–Trinajstić information content (AvgIpc) is 3.20. The molecule has 0 aromatic carbocycles. The normalized spacial score (nSPS) is 26.2. The van der Waals surface area contributed by atoms with Gasteiger partial charge in [-0.1, -0.05) is 0 Å². The fourth-order valence-electron chi connectivity index (χ4n) is 5.56. The minimum Gasteiger partial charge on any atom is -0.489 e. The molecule has 10 heteroatoms. The molecule has 0 amide bonds. The van der Waals surface area contributed by atoms with Gasteiger partial charge in [-0.15, -0.1) is 0 Å². The number of nitrogens with zero attached hydrogens (tertiary/aromatic N) is 5. The molecule has 4 heterocycles. The molecule has 1 unspecified atom stereocenters. The molecule has 3 aromatic heterocycles. The van der Waals surface area contributed by atoms with Crippen molar-refractivity contribution in [3.8, 4) is 5.75 Å². The lowest BCUT2D eigenvalue weighted by Gasteiger charge is -2.38. The largest absolute Gasteiger partial charge is 0.489 e. The van der Waals surface area contributed by atoms with Crippen LogP contribution in [0.2, 0.25) is 0 Å².